The number of hydrogen-bond donors (Lipinski definition) is 1. The fourth-order valence-corrected chi connectivity index (χ4v) is 3.93. The third kappa shape index (κ3) is 3.33. The molecule has 0 saturated carbocycles. The summed E-state index contributed by atoms with van der Waals surface area (Å²) >= 11 is 12.3. The molecule has 0 spiro atoms. The molecule has 4 rings (SSSR count). The highest BCUT2D eigenvalue weighted by Gasteiger charge is 2.16. The number of aromatic nitrogens is 3. The maximum absolute atomic E-state index is 6.20. The molecule has 2 aromatic carbocycles. The van der Waals surface area contributed by atoms with Crippen LogP contribution in [-0.4, -0.2) is 33.6 Å². The molecule has 0 aliphatic carbocycles. The molecule has 2 aromatic heterocycles. The van der Waals surface area contributed by atoms with Gasteiger partial charge in [-0.2, -0.15) is 0 Å². The number of benzene rings is 2. The zero-order chi connectivity index (χ0) is 19.0. The summed E-state index contributed by atoms with van der Waals surface area (Å²) in [5, 5.41) is 1.10. The zero-order valence-corrected chi connectivity index (χ0v) is 17.1. The van der Waals surface area contributed by atoms with Gasteiger partial charge in [-0.05, 0) is 38.1 Å². The first-order valence-electron chi connectivity index (χ1n) is 9.37. The molecule has 6 heteroatoms. The lowest BCUT2D eigenvalue weighted by molar-refractivity contribution is -0.897. The van der Waals surface area contributed by atoms with E-state index in [1.165, 1.54) is 11.0 Å². The van der Waals surface area contributed by atoms with Crippen molar-refractivity contribution in [2.75, 3.05) is 19.6 Å². The maximum Gasteiger partial charge on any atom is 0.215 e. The average molecular weight is 402 g/mol. The van der Waals surface area contributed by atoms with Gasteiger partial charge >= 0.3 is 0 Å². The number of hydrogen-bond acceptors (Lipinski definition) is 1. The Morgan fingerprint density at radius 1 is 0.963 bits per heavy atom. The Bertz CT molecular complexity index is 1090. The first kappa shape index (κ1) is 18.4. The van der Waals surface area contributed by atoms with E-state index < -0.39 is 0 Å². The Morgan fingerprint density at radius 2 is 1.70 bits per heavy atom. The minimum absolute atomic E-state index is 0.546. The van der Waals surface area contributed by atoms with Crippen LogP contribution < -0.4 is 4.90 Å². The lowest BCUT2D eigenvalue weighted by Crippen LogP contribution is -3.11. The van der Waals surface area contributed by atoms with Crippen LogP contribution in [0.25, 0.3) is 28.1 Å². The Kier molecular flexibility index (Phi) is 5.13. The molecule has 0 aliphatic rings. The average Bonchev–Trinajstić information content (AvgIpc) is 3.23. The molecule has 0 aliphatic heterocycles. The van der Waals surface area contributed by atoms with Gasteiger partial charge in [0.25, 0.3) is 0 Å². The second-order valence-electron chi connectivity index (χ2n) is 6.77. The molecule has 0 radical (unpaired) electrons. The highest BCUT2D eigenvalue weighted by atomic mass is 35.5. The number of halogens is 2. The molecule has 2 heterocycles. The predicted molar refractivity (Wildman–Crippen MR) is 113 cm³/mol. The van der Waals surface area contributed by atoms with Gasteiger partial charge in [0, 0.05) is 11.8 Å². The summed E-state index contributed by atoms with van der Waals surface area (Å²) < 4.78 is 4.49. The lowest BCUT2D eigenvalue weighted by atomic mass is 10.2. The molecule has 0 amide bonds. The quantitative estimate of drug-likeness (QED) is 0.515. The Balaban J connectivity index is 1.82. The smallest absolute Gasteiger partial charge is 0.215 e. The van der Waals surface area contributed by atoms with Gasteiger partial charge in [-0.1, -0.05) is 41.4 Å². The molecule has 4 nitrogen and oxygen atoms in total. The largest absolute Gasteiger partial charge is 0.334 e. The van der Waals surface area contributed by atoms with E-state index in [-0.39, 0.29) is 0 Å². The number of para-hydroxylation sites is 2. The van der Waals surface area contributed by atoms with E-state index in [2.05, 4.69) is 53.3 Å². The number of imidazole rings is 2. The van der Waals surface area contributed by atoms with Crippen molar-refractivity contribution in [2.24, 2.45) is 0 Å². The van der Waals surface area contributed by atoms with Gasteiger partial charge in [-0.25, -0.2) is 4.98 Å². The monoisotopic (exact) mass is 401 g/mol. The minimum Gasteiger partial charge on any atom is -0.334 e. The first-order valence-corrected chi connectivity index (χ1v) is 10.1. The van der Waals surface area contributed by atoms with E-state index in [0.29, 0.717) is 10.0 Å². The van der Waals surface area contributed by atoms with E-state index in [0.717, 1.165) is 43.2 Å². The summed E-state index contributed by atoms with van der Waals surface area (Å²) in [6.07, 6.45) is 2.08. The van der Waals surface area contributed by atoms with Crippen LogP contribution in [0.15, 0.2) is 48.7 Å². The van der Waals surface area contributed by atoms with E-state index in [4.69, 9.17) is 28.2 Å². The van der Waals surface area contributed by atoms with Crippen LogP contribution in [0.2, 0.25) is 10.0 Å². The number of fused-ring (bicyclic) bond motifs is 3. The number of quaternary nitrogens is 1. The van der Waals surface area contributed by atoms with Crippen LogP contribution in [0, 0.1) is 0 Å². The van der Waals surface area contributed by atoms with Gasteiger partial charge < -0.3 is 9.47 Å². The molecule has 0 unspecified atom stereocenters. The Labute approximate surface area is 168 Å². The predicted octanol–water partition coefficient (Wildman–Crippen LogP) is 4.19. The van der Waals surface area contributed by atoms with Crippen LogP contribution in [-0.2, 0) is 6.54 Å². The lowest BCUT2D eigenvalue weighted by Gasteiger charge is -2.15. The highest BCUT2D eigenvalue weighted by molar-refractivity contribution is 6.42. The maximum atomic E-state index is 6.20. The SMILES string of the molecule is CC[NH+](CC)CCn1c2ccccc2n2cc(-c3ccc(Cl)c(Cl)c3)nc12. The molecule has 1 N–H and O–H groups in total. The molecule has 0 atom stereocenters. The second kappa shape index (κ2) is 7.55. The van der Waals surface area contributed by atoms with Crippen molar-refractivity contribution in [3.8, 4) is 11.3 Å². The third-order valence-corrected chi connectivity index (χ3v) is 6.00. The Morgan fingerprint density at radius 3 is 2.41 bits per heavy atom. The fraction of sp³-hybridized carbons (Fsp3) is 0.286. The normalized spacial score (nSPS) is 11.9. The van der Waals surface area contributed by atoms with E-state index in [1.807, 2.05) is 18.2 Å². The van der Waals surface area contributed by atoms with Crippen LogP contribution in [0.4, 0.5) is 0 Å². The molecule has 4 aromatic rings. The van der Waals surface area contributed by atoms with E-state index in [1.54, 1.807) is 4.90 Å². The fourth-order valence-electron chi connectivity index (χ4n) is 3.63. The van der Waals surface area contributed by atoms with Crippen LogP contribution in [0.3, 0.4) is 0 Å². The van der Waals surface area contributed by atoms with Crippen molar-refractivity contribution in [1.29, 1.82) is 0 Å². The van der Waals surface area contributed by atoms with E-state index in [9.17, 15) is 0 Å². The van der Waals surface area contributed by atoms with Gasteiger partial charge in [0.15, 0.2) is 0 Å². The van der Waals surface area contributed by atoms with E-state index >= 15 is 0 Å². The molecular weight excluding hydrogens is 379 g/mol. The van der Waals surface area contributed by atoms with Gasteiger partial charge in [-0.3, -0.25) is 4.40 Å². The molecule has 27 heavy (non-hydrogen) atoms. The Hall–Kier alpha value is -2.01. The van der Waals surface area contributed by atoms with Crippen LogP contribution in [0.5, 0.6) is 0 Å². The molecule has 0 saturated heterocycles. The van der Waals surface area contributed by atoms with Gasteiger partial charge in [0.05, 0.1) is 53.0 Å². The number of rotatable bonds is 6. The van der Waals surface area contributed by atoms with Crippen molar-refractivity contribution in [1.82, 2.24) is 14.0 Å². The summed E-state index contributed by atoms with van der Waals surface area (Å²) in [5.41, 5.74) is 4.25. The number of nitrogens with one attached hydrogen (secondary N) is 1. The summed E-state index contributed by atoms with van der Waals surface area (Å²) in [4.78, 5) is 6.52. The van der Waals surface area contributed by atoms with Crippen LogP contribution >= 0.6 is 23.2 Å². The highest BCUT2D eigenvalue weighted by Crippen LogP contribution is 2.30. The summed E-state index contributed by atoms with van der Waals surface area (Å²) in [6, 6.07) is 14.1. The van der Waals surface area contributed by atoms with Crippen LogP contribution in [0.1, 0.15) is 13.8 Å². The van der Waals surface area contributed by atoms with Gasteiger partial charge in [0.2, 0.25) is 5.78 Å². The standard InChI is InChI=1S/C21H22Cl2N4/c1-3-25(4-2)11-12-26-19-7-5-6-8-20(19)27-14-18(24-21(26)27)15-9-10-16(22)17(23)13-15/h5-10,13-14H,3-4,11-12H2,1-2H3/p+1. The molecule has 0 fully saturated rings. The van der Waals surface area contributed by atoms with Gasteiger partial charge in [-0.15, -0.1) is 0 Å². The van der Waals surface area contributed by atoms with Gasteiger partial charge in [0.1, 0.15) is 0 Å². The summed E-state index contributed by atoms with van der Waals surface area (Å²) in [5.74, 6) is 0.962. The zero-order valence-electron chi connectivity index (χ0n) is 15.5. The van der Waals surface area contributed by atoms with Crippen molar-refractivity contribution < 1.29 is 4.90 Å². The summed E-state index contributed by atoms with van der Waals surface area (Å²) in [6.45, 7) is 8.76. The summed E-state index contributed by atoms with van der Waals surface area (Å²) in [7, 11) is 0. The molecular formula is C21H23Cl2N4+. The molecule has 140 valence electrons. The topological polar surface area (TPSA) is 26.7 Å². The number of likely N-dealkylation sites (N-methyl/N-ethyl adjacent to an activating group) is 1. The van der Waals surface area contributed by atoms with Crippen molar-refractivity contribution in [3.63, 3.8) is 0 Å². The molecule has 0 bridgehead atoms. The first-order chi connectivity index (χ1) is 13.1. The third-order valence-electron chi connectivity index (χ3n) is 5.27. The number of nitrogens with zero attached hydrogens (tertiary/aromatic N) is 3. The van der Waals surface area contributed by atoms with Crippen molar-refractivity contribution in [3.05, 3.63) is 58.7 Å². The minimum atomic E-state index is 0.546. The van der Waals surface area contributed by atoms with Crippen molar-refractivity contribution in [2.45, 2.75) is 20.4 Å². The second-order valence-corrected chi connectivity index (χ2v) is 7.59. The van der Waals surface area contributed by atoms with Crippen molar-refractivity contribution >= 4 is 40.0 Å².